The average molecular weight is 208 g/mol. The summed E-state index contributed by atoms with van der Waals surface area (Å²) in [5.41, 5.74) is 6.12. The van der Waals surface area contributed by atoms with Gasteiger partial charge in [0.1, 0.15) is 0 Å². The van der Waals surface area contributed by atoms with E-state index in [0.717, 1.165) is 29.8 Å². The average Bonchev–Trinajstić information content (AvgIpc) is 2.56. The summed E-state index contributed by atoms with van der Waals surface area (Å²) in [6.07, 6.45) is 1.78. The number of nitrogens with two attached hydrogens (primary N) is 1. The van der Waals surface area contributed by atoms with E-state index in [4.69, 9.17) is 5.84 Å². The third kappa shape index (κ3) is 2.91. The zero-order valence-corrected chi connectivity index (χ0v) is 9.75. The summed E-state index contributed by atoms with van der Waals surface area (Å²) < 4.78 is 1.88. The van der Waals surface area contributed by atoms with Crippen LogP contribution in [0.5, 0.6) is 0 Å². The van der Waals surface area contributed by atoms with E-state index in [2.05, 4.69) is 30.1 Å². The highest BCUT2D eigenvalue weighted by atomic mass is 15.3. The maximum absolute atomic E-state index is 5.54. The molecule has 1 rings (SSSR count). The van der Waals surface area contributed by atoms with Crippen molar-refractivity contribution in [1.82, 2.24) is 15.2 Å². The Balaban J connectivity index is 2.90. The molecule has 4 heteroatoms. The first kappa shape index (κ1) is 11.9. The van der Waals surface area contributed by atoms with E-state index in [1.807, 2.05) is 18.7 Å². The molecule has 0 aromatic carbocycles. The molecule has 0 fully saturated rings. The van der Waals surface area contributed by atoms with E-state index in [0.29, 0.717) is 0 Å². The largest absolute Gasteiger partial charge is 0.271 e. The molecule has 0 amide bonds. The molecular formula is C11H20N4. The lowest BCUT2D eigenvalue weighted by molar-refractivity contribution is 0.507. The highest BCUT2D eigenvalue weighted by molar-refractivity contribution is 5.16. The molecular weight excluding hydrogens is 188 g/mol. The molecule has 84 valence electrons. The summed E-state index contributed by atoms with van der Waals surface area (Å²) in [7, 11) is 1.94. The molecule has 1 unspecified atom stereocenters. The molecule has 1 aromatic heterocycles. The van der Waals surface area contributed by atoms with Gasteiger partial charge in [0.05, 0.1) is 17.4 Å². The van der Waals surface area contributed by atoms with Crippen LogP contribution in [0.1, 0.15) is 37.7 Å². The Hall–Kier alpha value is -1.13. The lowest BCUT2D eigenvalue weighted by Gasteiger charge is -2.15. The van der Waals surface area contributed by atoms with Gasteiger partial charge in [-0.25, -0.2) is 0 Å². The molecule has 0 saturated heterocycles. The molecule has 15 heavy (non-hydrogen) atoms. The zero-order valence-electron chi connectivity index (χ0n) is 9.75. The van der Waals surface area contributed by atoms with Gasteiger partial charge in [-0.3, -0.25) is 16.0 Å². The van der Waals surface area contributed by atoms with Crippen molar-refractivity contribution >= 4 is 0 Å². The Morgan fingerprint density at radius 2 is 2.40 bits per heavy atom. The second kappa shape index (κ2) is 5.09. The molecule has 1 atom stereocenters. The summed E-state index contributed by atoms with van der Waals surface area (Å²) in [4.78, 5) is 0. The predicted molar refractivity (Wildman–Crippen MR) is 62.1 cm³/mol. The number of rotatable bonds is 5. The summed E-state index contributed by atoms with van der Waals surface area (Å²) >= 11 is 0. The van der Waals surface area contributed by atoms with E-state index in [-0.39, 0.29) is 6.04 Å². The fraction of sp³-hybridized carbons (Fsp3) is 0.545. The Kier molecular flexibility index (Phi) is 4.05. The maximum atomic E-state index is 5.54. The summed E-state index contributed by atoms with van der Waals surface area (Å²) in [6.45, 7) is 7.99. The van der Waals surface area contributed by atoms with Crippen LogP contribution in [0.3, 0.4) is 0 Å². The van der Waals surface area contributed by atoms with Crippen LogP contribution in [0.2, 0.25) is 0 Å². The monoisotopic (exact) mass is 208 g/mol. The normalized spacial score (nSPS) is 12.8. The Morgan fingerprint density at radius 1 is 1.73 bits per heavy atom. The van der Waals surface area contributed by atoms with Crippen LogP contribution in [0, 0.1) is 0 Å². The van der Waals surface area contributed by atoms with Gasteiger partial charge in [0, 0.05) is 7.05 Å². The van der Waals surface area contributed by atoms with Crippen molar-refractivity contribution in [2.24, 2.45) is 12.9 Å². The van der Waals surface area contributed by atoms with E-state index in [9.17, 15) is 0 Å². The van der Waals surface area contributed by atoms with Crippen molar-refractivity contribution in [3.05, 3.63) is 29.6 Å². The van der Waals surface area contributed by atoms with Gasteiger partial charge < -0.3 is 0 Å². The number of hydrogen-bond donors (Lipinski definition) is 2. The van der Waals surface area contributed by atoms with Crippen LogP contribution in [0.15, 0.2) is 18.2 Å². The number of aryl methyl sites for hydroxylation is 2. The van der Waals surface area contributed by atoms with E-state index in [1.165, 1.54) is 0 Å². The number of nitrogens with zero attached hydrogens (tertiary/aromatic N) is 2. The van der Waals surface area contributed by atoms with Crippen LogP contribution in [0.4, 0.5) is 0 Å². The summed E-state index contributed by atoms with van der Waals surface area (Å²) in [6, 6.07) is 2.19. The van der Waals surface area contributed by atoms with Crippen LogP contribution in [-0.2, 0) is 13.5 Å². The fourth-order valence-electron chi connectivity index (χ4n) is 1.64. The van der Waals surface area contributed by atoms with Crippen molar-refractivity contribution in [3.8, 4) is 0 Å². The van der Waals surface area contributed by atoms with Crippen molar-refractivity contribution in [2.45, 2.75) is 32.7 Å². The van der Waals surface area contributed by atoms with E-state index in [1.54, 1.807) is 0 Å². The van der Waals surface area contributed by atoms with Gasteiger partial charge in [0.25, 0.3) is 0 Å². The summed E-state index contributed by atoms with van der Waals surface area (Å²) in [5.74, 6) is 5.54. The first-order valence-electron chi connectivity index (χ1n) is 5.21. The lowest BCUT2D eigenvalue weighted by Crippen LogP contribution is -2.29. The van der Waals surface area contributed by atoms with Gasteiger partial charge in [-0.2, -0.15) is 5.10 Å². The predicted octanol–water partition coefficient (Wildman–Crippen LogP) is 1.45. The van der Waals surface area contributed by atoms with E-state index >= 15 is 0 Å². The second-order valence-electron chi connectivity index (χ2n) is 3.92. The smallest absolute Gasteiger partial charge is 0.0665 e. The topological polar surface area (TPSA) is 55.9 Å². The first-order chi connectivity index (χ1) is 7.08. The molecule has 4 nitrogen and oxygen atoms in total. The van der Waals surface area contributed by atoms with Crippen molar-refractivity contribution in [2.75, 3.05) is 0 Å². The van der Waals surface area contributed by atoms with E-state index < -0.39 is 0 Å². The Morgan fingerprint density at radius 3 is 2.80 bits per heavy atom. The first-order valence-corrected chi connectivity index (χ1v) is 5.21. The number of hydrogen-bond acceptors (Lipinski definition) is 3. The Bertz CT molecular complexity index is 340. The van der Waals surface area contributed by atoms with Crippen molar-refractivity contribution in [3.63, 3.8) is 0 Å². The third-order valence-electron chi connectivity index (χ3n) is 2.44. The quantitative estimate of drug-likeness (QED) is 0.437. The molecule has 0 saturated carbocycles. The van der Waals surface area contributed by atoms with Gasteiger partial charge in [-0.1, -0.05) is 12.5 Å². The molecule has 0 aliphatic rings. The zero-order chi connectivity index (χ0) is 11.4. The minimum Gasteiger partial charge on any atom is -0.271 e. The molecule has 0 radical (unpaired) electrons. The van der Waals surface area contributed by atoms with Gasteiger partial charge in [0.15, 0.2) is 0 Å². The van der Waals surface area contributed by atoms with Gasteiger partial charge in [-0.05, 0) is 25.8 Å². The molecule has 0 bridgehead atoms. The van der Waals surface area contributed by atoms with Crippen LogP contribution < -0.4 is 11.3 Å². The molecule has 3 N–H and O–H groups in total. The summed E-state index contributed by atoms with van der Waals surface area (Å²) in [5, 5.41) is 4.40. The number of nitrogens with one attached hydrogen (secondary N) is 1. The van der Waals surface area contributed by atoms with Crippen LogP contribution in [-0.4, -0.2) is 9.78 Å². The molecule has 0 aliphatic heterocycles. The standard InChI is InChI=1S/C11H20N4/c1-5-9-7-11(15(4)14-9)10(13-12)6-8(2)3/h7,10,13H,2,5-6,12H2,1,3-4H3. The van der Waals surface area contributed by atoms with Crippen molar-refractivity contribution in [1.29, 1.82) is 0 Å². The number of hydrazine groups is 1. The number of aromatic nitrogens is 2. The van der Waals surface area contributed by atoms with Gasteiger partial charge in [-0.15, -0.1) is 6.58 Å². The second-order valence-corrected chi connectivity index (χ2v) is 3.92. The Labute approximate surface area is 91.1 Å². The molecule has 1 heterocycles. The highest BCUT2D eigenvalue weighted by Gasteiger charge is 2.14. The van der Waals surface area contributed by atoms with Crippen LogP contribution in [0.25, 0.3) is 0 Å². The van der Waals surface area contributed by atoms with Crippen molar-refractivity contribution < 1.29 is 0 Å². The van der Waals surface area contributed by atoms with Crippen LogP contribution >= 0.6 is 0 Å². The molecule has 0 spiro atoms. The molecule has 1 aromatic rings. The minimum absolute atomic E-state index is 0.0975. The molecule has 0 aliphatic carbocycles. The highest BCUT2D eigenvalue weighted by Crippen LogP contribution is 2.19. The minimum atomic E-state index is 0.0975. The lowest BCUT2D eigenvalue weighted by atomic mass is 10.1. The fourth-order valence-corrected chi connectivity index (χ4v) is 1.64. The third-order valence-corrected chi connectivity index (χ3v) is 2.44. The van der Waals surface area contributed by atoms with Gasteiger partial charge in [0.2, 0.25) is 0 Å². The van der Waals surface area contributed by atoms with Gasteiger partial charge >= 0.3 is 0 Å². The SMILES string of the molecule is C=C(C)CC(NN)c1cc(CC)nn1C. The maximum Gasteiger partial charge on any atom is 0.0665 e.